The smallest absolute Gasteiger partial charge is 0.164 e. The molecule has 2 aliphatic rings. The summed E-state index contributed by atoms with van der Waals surface area (Å²) in [6.07, 6.45) is 4.67. The van der Waals surface area contributed by atoms with E-state index in [4.69, 9.17) is 15.2 Å². The van der Waals surface area contributed by atoms with E-state index in [1.54, 1.807) is 0 Å². The lowest BCUT2D eigenvalue weighted by Gasteiger charge is -2.43. The monoisotopic (exact) mass is 247 g/mol. The van der Waals surface area contributed by atoms with Crippen LogP contribution in [0, 0.1) is 0 Å². The molecular weight excluding hydrogens is 226 g/mol. The van der Waals surface area contributed by atoms with Gasteiger partial charge in [0.25, 0.3) is 0 Å². The molecule has 3 nitrogen and oxygen atoms in total. The van der Waals surface area contributed by atoms with Crippen LogP contribution in [0.15, 0.2) is 12.1 Å². The van der Waals surface area contributed by atoms with Crippen LogP contribution >= 0.6 is 0 Å². The Hall–Kier alpha value is -1.22. The summed E-state index contributed by atoms with van der Waals surface area (Å²) in [5.41, 5.74) is 8.92. The van der Waals surface area contributed by atoms with Crippen LogP contribution in [0.1, 0.15) is 37.3 Å². The van der Waals surface area contributed by atoms with Crippen molar-refractivity contribution in [1.82, 2.24) is 0 Å². The molecule has 0 saturated heterocycles. The van der Waals surface area contributed by atoms with Gasteiger partial charge in [0.2, 0.25) is 0 Å². The fourth-order valence-corrected chi connectivity index (χ4v) is 3.21. The largest absolute Gasteiger partial charge is 0.486 e. The van der Waals surface area contributed by atoms with Gasteiger partial charge < -0.3 is 15.2 Å². The minimum absolute atomic E-state index is 0.196. The number of benzene rings is 1. The Morgan fingerprint density at radius 3 is 2.61 bits per heavy atom. The van der Waals surface area contributed by atoms with Crippen molar-refractivity contribution in [1.29, 1.82) is 0 Å². The summed E-state index contributed by atoms with van der Waals surface area (Å²) in [7, 11) is 0. The van der Waals surface area contributed by atoms with Crippen LogP contribution < -0.4 is 15.2 Å². The average molecular weight is 247 g/mol. The maximum atomic E-state index is 6.03. The molecule has 0 atom stereocenters. The van der Waals surface area contributed by atoms with Crippen LogP contribution in [0.2, 0.25) is 0 Å². The zero-order chi connectivity index (χ0) is 12.6. The highest BCUT2D eigenvalue weighted by atomic mass is 16.6. The molecule has 0 unspecified atom stereocenters. The van der Waals surface area contributed by atoms with Gasteiger partial charge in [-0.2, -0.15) is 0 Å². The van der Waals surface area contributed by atoms with Gasteiger partial charge in [-0.1, -0.05) is 19.4 Å². The number of fused-ring (bicyclic) bond motifs is 1. The van der Waals surface area contributed by atoms with Crippen LogP contribution in [0.5, 0.6) is 11.5 Å². The van der Waals surface area contributed by atoms with Gasteiger partial charge in [-0.25, -0.2) is 0 Å². The van der Waals surface area contributed by atoms with Crippen molar-refractivity contribution < 1.29 is 9.47 Å². The van der Waals surface area contributed by atoms with E-state index >= 15 is 0 Å². The highest BCUT2D eigenvalue weighted by Crippen LogP contribution is 2.48. The molecular formula is C15H21NO2. The average Bonchev–Trinajstić information content (AvgIpc) is 2.37. The summed E-state index contributed by atoms with van der Waals surface area (Å²) >= 11 is 0. The predicted octanol–water partition coefficient (Wildman–Crippen LogP) is 2.40. The number of hydrogen-bond donors (Lipinski definition) is 1. The van der Waals surface area contributed by atoms with Crippen molar-refractivity contribution in [3.8, 4) is 11.5 Å². The van der Waals surface area contributed by atoms with Crippen molar-refractivity contribution in [3.05, 3.63) is 23.3 Å². The molecule has 1 fully saturated rings. The lowest BCUT2D eigenvalue weighted by molar-refractivity contribution is 0.168. The lowest BCUT2D eigenvalue weighted by atomic mass is 9.63. The van der Waals surface area contributed by atoms with E-state index in [1.807, 2.05) is 0 Å². The first kappa shape index (κ1) is 11.8. The molecule has 2 N–H and O–H groups in total. The Labute approximate surface area is 108 Å². The zero-order valence-corrected chi connectivity index (χ0v) is 11.0. The minimum atomic E-state index is 0.196. The van der Waals surface area contributed by atoms with Crippen molar-refractivity contribution in [2.24, 2.45) is 5.73 Å². The molecule has 0 aromatic heterocycles. The SMILES string of the molecule is CCc1c(C2(CN)CCC2)ccc2c1OCCO2. The zero-order valence-electron chi connectivity index (χ0n) is 11.0. The van der Waals surface area contributed by atoms with Crippen LogP contribution in [0.25, 0.3) is 0 Å². The summed E-state index contributed by atoms with van der Waals surface area (Å²) in [6, 6.07) is 4.26. The molecule has 0 amide bonds. The van der Waals surface area contributed by atoms with Gasteiger partial charge in [0.15, 0.2) is 11.5 Å². The van der Waals surface area contributed by atoms with E-state index in [0.29, 0.717) is 13.2 Å². The molecule has 0 spiro atoms. The van der Waals surface area contributed by atoms with E-state index in [-0.39, 0.29) is 5.41 Å². The van der Waals surface area contributed by atoms with Crippen molar-refractivity contribution in [2.75, 3.05) is 19.8 Å². The fourth-order valence-electron chi connectivity index (χ4n) is 3.21. The highest BCUT2D eigenvalue weighted by Gasteiger charge is 2.39. The third kappa shape index (κ3) is 1.61. The topological polar surface area (TPSA) is 44.5 Å². The molecule has 1 saturated carbocycles. The van der Waals surface area contributed by atoms with Gasteiger partial charge in [-0.05, 0) is 30.9 Å². The molecule has 0 bridgehead atoms. The minimum Gasteiger partial charge on any atom is -0.486 e. The predicted molar refractivity (Wildman–Crippen MR) is 71.4 cm³/mol. The van der Waals surface area contributed by atoms with Gasteiger partial charge in [0.05, 0.1) is 0 Å². The second-order valence-electron chi connectivity index (χ2n) is 5.31. The summed E-state index contributed by atoms with van der Waals surface area (Å²) < 4.78 is 11.5. The number of hydrogen-bond acceptors (Lipinski definition) is 3. The molecule has 3 rings (SSSR count). The lowest BCUT2D eigenvalue weighted by Crippen LogP contribution is -2.42. The van der Waals surface area contributed by atoms with Crippen LogP contribution in [-0.2, 0) is 11.8 Å². The summed E-state index contributed by atoms with van der Waals surface area (Å²) in [4.78, 5) is 0. The molecule has 98 valence electrons. The first-order chi connectivity index (χ1) is 8.80. The Bertz CT molecular complexity index is 447. The molecule has 1 aromatic rings. The molecule has 3 heteroatoms. The van der Waals surface area contributed by atoms with Crippen LogP contribution in [0.4, 0.5) is 0 Å². The van der Waals surface area contributed by atoms with Crippen LogP contribution in [-0.4, -0.2) is 19.8 Å². The Morgan fingerprint density at radius 2 is 2.00 bits per heavy atom. The Kier molecular flexibility index (Phi) is 2.94. The molecule has 1 heterocycles. The standard InChI is InChI=1S/C15H21NO2/c1-2-11-12(15(10-16)6-3-7-15)4-5-13-14(11)18-9-8-17-13/h4-5H,2-3,6-10,16H2,1H3. The molecule has 1 aliphatic carbocycles. The van der Waals surface area contributed by atoms with Crippen molar-refractivity contribution in [3.63, 3.8) is 0 Å². The van der Waals surface area contributed by atoms with Gasteiger partial charge in [0.1, 0.15) is 13.2 Å². The van der Waals surface area contributed by atoms with Crippen molar-refractivity contribution in [2.45, 2.75) is 38.0 Å². The van der Waals surface area contributed by atoms with E-state index in [1.165, 1.54) is 30.4 Å². The molecule has 1 aromatic carbocycles. The highest BCUT2D eigenvalue weighted by molar-refractivity contribution is 5.54. The van der Waals surface area contributed by atoms with Gasteiger partial charge in [-0.15, -0.1) is 0 Å². The van der Waals surface area contributed by atoms with Gasteiger partial charge in [-0.3, -0.25) is 0 Å². The molecule has 1 aliphatic heterocycles. The van der Waals surface area contributed by atoms with E-state index < -0.39 is 0 Å². The van der Waals surface area contributed by atoms with E-state index in [9.17, 15) is 0 Å². The van der Waals surface area contributed by atoms with Crippen molar-refractivity contribution >= 4 is 0 Å². The van der Waals surface area contributed by atoms with Gasteiger partial charge >= 0.3 is 0 Å². The number of nitrogens with two attached hydrogens (primary N) is 1. The first-order valence-corrected chi connectivity index (χ1v) is 6.93. The number of ether oxygens (including phenoxy) is 2. The summed E-state index contributed by atoms with van der Waals surface area (Å²) in [6.45, 7) is 4.22. The Balaban J connectivity index is 2.09. The van der Waals surface area contributed by atoms with E-state index in [2.05, 4.69) is 19.1 Å². The fraction of sp³-hybridized carbons (Fsp3) is 0.600. The summed E-state index contributed by atoms with van der Waals surface area (Å²) in [5.74, 6) is 1.86. The normalized spacial score (nSPS) is 20.3. The maximum Gasteiger partial charge on any atom is 0.164 e. The second-order valence-corrected chi connectivity index (χ2v) is 5.31. The molecule has 18 heavy (non-hydrogen) atoms. The van der Waals surface area contributed by atoms with E-state index in [0.717, 1.165) is 24.5 Å². The second kappa shape index (κ2) is 4.47. The van der Waals surface area contributed by atoms with Crippen LogP contribution in [0.3, 0.4) is 0 Å². The third-order valence-corrected chi connectivity index (χ3v) is 4.44. The Morgan fingerprint density at radius 1 is 1.22 bits per heavy atom. The first-order valence-electron chi connectivity index (χ1n) is 6.93. The molecule has 0 radical (unpaired) electrons. The quantitative estimate of drug-likeness (QED) is 0.892. The maximum absolute atomic E-state index is 6.03. The third-order valence-electron chi connectivity index (χ3n) is 4.44. The number of rotatable bonds is 3. The van der Waals surface area contributed by atoms with Gasteiger partial charge in [0, 0.05) is 17.5 Å². The summed E-state index contributed by atoms with van der Waals surface area (Å²) in [5, 5.41) is 0.